The second-order valence-corrected chi connectivity index (χ2v) is 4.18. The quantitative estimate of drug-likeness (QED) is 0.676. The van der Waals surface area contributed by atoms with Crippen molar-refractivity contribution >= 4 is 0 Å². The number of rotatable bonds is 4. The van der Waals surface area contributed by atoms with Gasteiger partial charge in [0.2, 0.25) is 0 Å². The van der Waals surface area contributed by atoms with Gasteiger partial charge < -0.3 is 0 Å². The van der Waals surface area contributed by atoms with Crippen molar-refractivity contribution in [1.82, 2.24) is 0 Å². The van der Waals surface area contributed by atoms with Gasteiger partial charge in [-0.05, 0) is 36.5 Å². The van der Waals surface area contributed by atoms with Gasteiger partial charge in [0.05, 0.1) is 0 Å². The molecule has 78 valence electrons. The zero-order valence-corrected chi connectivity index (χ0v) is 9.31. The second-order valence-electron chi connectivity index (χ2n) is 4.18. The molecule has 0 amide bonds. The van der Waals surface area contributed by atoms with Crippen LogP contribution in [-0.2, 0) is 6.42 Å². The van der Waals surface area contributed by atoms with E-state index in [1.54, 1.807) is 6.07 Å². The standard InChI is InChI=1S/C13H19F/c1-4-5-10(2)8-12-6-7-13(14)11(3)9-12/h6-7,9-10H,4-5,8H2,1-3H3. The summed E-state index contributed by atoms with van der Waals surface area (Å²) in [4.78, 5) is 0. The van der Waals surface area contributed by atoms with E-state index in [0.29, 0.717) is 5.92 Å². The molecule has 0 saturated carbocycles. The Bertz CT molecular complexity index is 291. The third kappa shape index (κ3) is 3.13. The van der Waals surface area contributed by atoms with Gasteiger partial charge in [0.15, 0.2) is 0 Å². The monoisotopic (exact) mass is 194 g/mol. The molecule has 1 atom stereocenters. The van der Waals surface area contributed by atoms with Gasteiger partial charge in [-0.3, -0.25) is 0 Å². The first-order valence-corrected chi connectivity index (χ1v) is 5.38. The SMILES string of the molecule is CCCC(C)Cc1ccc(F)c(C)c1. The third-order valence-corrected chi connectivity index (χ3v) is 2.59. The van der Waals surface area contributed by atoms with Gasteiger partial charge in [0.1, 0.15) is 5.82 Å². The van der Waals surface area contributed by atoms with E-state index in [-0.39, 0.29) is 5.82 Å². The largest absolute Gasteiger partial charge is 0.207 e. The van der Waals surface area contributed by atoms with Crippen molar-refractivity contribution in [1.29, 1.82) is 0 Å². The van der Waals surface area contributed by atoms with Crippen molar-refractivity contribution in [2.24, 2.45) is 5.92 Å². The fraction of sp³-hybridized carbons (Fsp3) is 0.538. The van der Waals surface area contributed by atoms with Crippen LogP contribution in [0.4, 0.5) is 4.39 Å². The van der Waals surface area contributed by atoms with E-state index < -0.39 is 0 Å². The Morgan fingerprint density at radius 1 is 1.36 bits per heavy atom. The van der Waals surface area contributed by atoms with E-state index in [1.807, 2.05) is 19.1 Å². The lowest BCUT2D eigenvalue weighted by Gasteiger charge is -2.10. The molecule has 0 aliphatic carbocycles. The Kier molecular flexibility index (Phi) is 4.12. The highest BCUT2D eigenvalue weighted by molar-refractivity contribution is 5.24. The Balaban J connectivity index is 2.63. The molecular formula is C13H19F. The average molecular weight is 194 g/mol. The van der Waals surface area contributed by atoms with Crippen molar-refractivity contribution in [3.05, 3.63) is 35.1 Å². The van der Waals surface area contributed by atoms with Crippen LogP contribution in [0.25, 0.3) is 0 Å². The normalized spacial score (nSPS) is 12.9. The molecule has 1 rings (SSSR count). The molecule has 0 radical (unpaired) electrons. The molecule has 0 aliphatic rings. The average Bonchev–Trinajstić information content (AvgIpc) is 2.12. The Hall–Kier alpha value is -0.850. The van der Waals surface area contributed by atoms with E-state index in [2.05, 4.69) is 13.8 Å². The maximum Gasteiger partial charge on any atom is 0.126 e. The second kappa shape index (κ2) is 5.14. The predicted octanol–water partition coefficient (Wildman–Crippen LogP) is 4.11. The molecule has 0 heterocycles. The molecule has 14 heavy (non-hydrogen) atoms. The molecule has 0 nitrogen and oxygen atoms in total. The van der Waals surface area contributed by atoms with Crippen LogP contribution in [0.5, 0.6) is 0 Å². The highest BCUT2D eigenvalue weighted by atomic mass is 19.1. The number of aryl methyl sites for hydroxylation is 1. The number of benzene rings is 1. The summed E-state index contributed by atoms with van der Waals surface area (Å²) in [5, 5.41) is 0. The zero-order chi connectivity index (χ0) is 10.6. The lowest BCUT2D eigenvalue weighted by atomic mass is 9.96. The predicted molar refractivity (Wildman–Crippen MR) is 58.9 cm³/mol. The van der Waals surface area contributed by atoms with Gasteiger partial charge in [-0.15, -0.1) is 0 Å². The number of halogens is 1. The summed E-state index contributed by atoms with van der Waals surface area (Å²) >= 11 is 0. The zero-order valence-electron chi connectivity index (χ0n) is 9.31. The highest BCUT2D eigenvalue weighted by Crippen LogP contribution is 2.16. The first kappa shape index (κ1) is 11.2. The molecule has 0 fully saturated rings. The smallest absolute Gasteiger partial charge is 0.126 e. The van der Waals surface area contributed by atoms with Crippen molar-refractivity contribution in [3.63, 3.8) is 0 Å². The van der Waals surface area contributed by atoms with Gasteiger partial charge >= 0.3 is 0 Å². The maximum absolute atomic E-state index is 13.0. The van der Waals surface area contributed by atoms with Crippen LogP contribution >= 0.6 is 0 Å². The molecule has 0 aliphatic heterocycles. The minimum absolute atomic E-state index is 0.100. The van der Waals surface area contributed by atoms with Crippen LogP contribution in [-0.4, -0.2) is 0 Å². The van der Waals surface area contributed by atoms with Crippen molar-refractivity contribution < 1.29 is 4.39 Å². The minimum atomic E-state index is -0.100. The van der Waals surface area contributed by atoms with Crippen molar-refractivity contribution in [2.75, 3.05) is 0 Å². The van der Waals surface area contributed by atoms with Gasteiger partial charge in [-0.2, -0.15) is 0 Å². The first-order valence-electron chi connectivity index (χ1n) is 5.38. The van der Waals surface area contributed by atoms with Crippen molar-refractivity contribution in [3.8, 4) is 0 Å². The molecule has 0 N–H and O–H groups in total. The Labute approximate surface area is 86.2 Å². The Morgan fingerprint density at radius 2 is 2.07 bits per heavy atom. The minimum Gasteiger partial charge on any atom is -0.207 e. The van der Waals surface area contributed by atoms with Gasteiger partial charge in [0, 0.05) is 0 Å². The maximum atomic E-state index is 13.0. The topological polar surface area (TPSA) is 0 Å². The highest BCUT2D eigenvalue weighted by Gasteiger charge is 2.04. The van der Waals surface area contributed by atoms with Crippen LogP contribution in [0.15, 0.2) is 18.2 Å². The first-order chi connectivity index (χ1) is 6.63. The van der Waals surface area contributed by atoms with Crippen LogP contribution < -0.4 is 0 Å². The molecule has 0 aromatic heterocycles. The van der Waals surface area contributed by atoms with E-state index in [0.717, 1.165) is 12.0 Å². The van der Waals surface area contributed by atoms with Crippen LogP contribution in [0.1, 0.15) is 37.8 Å². The van der Waals surface area contributed by atoms with Crippen LogP contribution in [0.2, 0.25) is 0 Å². The van der Waals surface area contributed by atoms with E-state index in [4.69, 9.17) is 0 Å². The summed E-state index contributed by atoms with van der Waals surface area (Å²) in [6.45, 7) is 6.28. The lowest BCUT2D eigenvalue weighted by molar-refractivity contribution is 0.521. The summed E-state index contributed by atoms with van der Waals surface area (Å²) in [5.74, 6) is 0.599. The van der Waals surface area contributed by atoms with Crippen LogP contribution in [0, 0.1) is 18.7 Å². The summed E-state index contributed by atoms with van der Waals surface area (Å²) in [5.41, 5.74) is 2.01. The molecule has 1 aromatic rings. The number of hydrogen-bond donors (Lipinski definition) is 0. The van der Waals surface area contributed by atoms with E-state index in [9.17, 15) is 4.39 Å². The van der Waals surface area contributed by atoms with E-state index in [1.165, 1.54) is 18.4 Å². The van der Waals surface area contributed by atoms with Crippen molar-refractivity contribution in [2.45, 2.75) is 40.0 Å². The molecule has 0 spiro atoms. The lowest BCUT2D eigenvalue weighted by Crippen LogP contribution is -1.99. The summed E-state index contributed by atoms with van der Waals surface area (Å²) in [7, 11) is 0. The fourth-order valence-electron chi connectivity index (χ4n) is 1.83. The molecule has 0 saturated heterocycles. The summed E-state index contributed by atoms with van der Waals surface area (Å²) in [6, 6.07) is 5.43. The molecular weight excluding hydrogens is 175 g/mol. The molecule has 0 bridgehead atoms. The molecule has 1 heteroatoms. The third-order valence-electron chi connectivity index (χ3n) is 2.59. The number of hydrogen-bond acceptors (Lipinski definition) is 0. The van der Waals surface area contributed by atoms with Gasteiger partial charge in [-0.1, -0.05) is 38.8 Å². The van der Waals surface area contributed by atoms with Gasteiger partial charge in [-0.25, -0.2) is 4.39 Å². The van der Waals surface area contributed by atoms with E-state index >= 15 is 0 Å². The Morgan fingerprint density at radius 3 is 2.64 bits per heavy atom. The van der Waals surface area contributed by atoms with Gasteiger partial charge in [0.25, 0.3) is 0 Å². The molecule has 1 unspecified atom stereocenters. The summed E-state index contributed by atoms with van der Waals surface area (Å²) in [6.07, 6.45) is 3.53. The molecule has 1 aromatic carbocycles. The summed E-state index contributed by atoms with van der Waals surface area (Å²) < 4.78 is 13.0. The fourth-order valence-corrected chi connectivity index (χ4v) is 1.83. The van der Waals surface area contributed by atoms with Crippen LogP contribution in [0.3, 0.4) is 0 Å².